The van der Waals surface area contributed by atoms with Gasteiger partial charge in [-0.25, -0.2) is 0 Å². The molecule has 0 bridgehead atoms. The molecular weight excluding hydrogens is 204 g/mol. The Balaban J connectivity index is 2.53. The maximum atomic E-state index is 2.40. The molecule has 92 valence electrons. The summed E-state index contributed by atoms with van der Waals surface area (Å²) in [6.45, 7) is 9.40. The summed E-state index contributed by atoms with van der Waals surface area (Å²) in [4.78, 5) is 0. The zero-order valence-electron chi connectivity index (χ0n) is 11.6. The minimum atomic E-state index is 0.285. The third kappa shape index (κ3) is 2.46. The molecular formula is C17H24. The Labute approximate surface area is 106 Å². The van der Waals surface area contributed by atoms with Gasteiger partial charge in [0.25, 0.3) is 0 Å². The Morgan fingerprint density at radius 2 is 1.94 bits per heavy atom. The smallest absolute Gasteiger partial charge is 0.00749 e. The molecule has 1 aliphatic rings. The summed E-state index contributed by atoms with van der Waals surface area (Å²) in [5, 5.41) is 0. The molecule has 0 saturated carbocycles. The van der Waals surface area contributed by atoms with Gasteiger partial charge in [-0.3, -0.25) is 0 Å². The predicted molar refractivity (Wildman–Crippen MR) is 75.4 cm³/mol. The first-order valence-electron chi connectivity index (χ1n) is 6.77. The molecule has 0 heterocycles. The summed E-state index contributed by atoms with van der Waals surface area (Å²) in [6, 6.07) is 6.95. The molecule has 1 aliphatic carbocycles. The van der Waals surface area contributed by atoms with Crippen molar-refractivity contribution in [3.05, 3.63) is 47.0 Å². The van der Waals surface area contributed by atoms with Gasteiger partial charge in [-0.05, 0) is 48.6 Å². The van der Waals surface area contributed by atoms with E-state index in [9.17, 15) is 0 Å². The second-order valence-electron chi connectivity index (χ2n) is 6.04. The highest BCUT2D eigenvalue weighted by Crippen LogP contribution is 2.37. The second-order valence-corrected chi connectivity index (χ2v) is 6.04. The van der Waals surface area contributed by atoms with E-state index < -0.39 is 0 Å². The lowest BCUT2D eigenvalue weighted by atomic mass is 9.70. The lowest BCUT2D eigenvalue weighted by molar-refractivity contribution is 0.325. The Morgan fingerprint density at radius 3 is 2.71 bits per heavy atom. The Hall–Kier alpha value is -1.04. The van der Waals surface area contributed by atoms with Crippen molar-refractivity contribution in [2.24, 2.45) is 5.92 Å². The summed E-state index contributed by atoms with van der Waals surface area (Å²) in [7, 11) is 0. The van der Waals surface area contributed by atoms with Gasteiger partial charge >= 0.3 is 0 Å². The van der Waals surface area contributed by atoms with Gasteiger partial charge in [0.15, 0.2) is 0 Å². The fourth-order valence-electron chi connectivity index (χ4n) is 2.77. The number of rotatable bonds is 0. The first-order valence-corrected chi connectivity index (χ1v) is 6.77. The fraction of sp³-hybridized carbons (Fsp3) is 0.529. The fourth-order valence-corrected chi connectivity index (χ4v) is 2.77. The van der Waals surface area contributed by atoms with Crippen molar-refractivity contribution in [3.8, 4) is 0 Å². The van der Waals surface area contributed by atoms with Crippen molar-refractivity contribution in [3.63, 3.8) is 0 Å². The molecule has 0 heteroatoms. The van der Waals surface area contributed by atoms with Crippen molar-refractivity contribution < 1.29 is 0 Å². The molecule has 0 aromatic heterocycles. The van der Waals surface area contributed by atoms with E-state index in [1.165, 1.54) is 24.0 Å². The van der Waals surface area contributed by atoms with Crippen molar-refractivity contribution in [1.82, 2.24) is 0 Å². The van der Waals surface area contributed by atoms with E-state index >= 15 is 0 Å². The number of fused-ring (bicyclic) bond motifs is 1. The quantitative estimate of drug-likeness (QED) is 0.559. The minimum Gasteiger partial charge on any atom is -0.0882 e. The standard InChI is InChI=1S/C17H24/c1-13-10-11-15-9-7-5-6-8-14(2)17(3,4)16(15)12-13/h5,7,10-12,14H,6,8-9H2,1-4H3/b7-5-/t14-/m1/s1. The van der Waals surface area contributed by atoms with Crippen LogP contribution in [0.25, 0.3) is 0 Å². The molecule has 2 rings (SSSR count). The number of hydrogen-bond donors (Lipinski definition) is 0. The van der Waals surface area contributed by atoms with Crippen LogP contribution in [0.1, 0.15) is 50.3 Å². The van der Waals surface area contributed by atoms with Crippen LogP contribution in [0.5, 0.6) is 0 Å². The van der Waals surface area contributed by atoms with Gasteiger partial charge in [-0.15, -0.1) is 0 Å². The van der Waals surface area contributed by atoms with Gasteiger partial charge in [0.2, 0.25) is 0 Å². The predicted octanol–water partition coefficient (Wildman–Crippen LogP) is 4.80. The summed E-state index contributed by atoms with van der Waals surface area (Å²) in [5.74, 6) is 0.728. The zero-order valence-corrected chi connectivity index (χ0v) is 11.6. The van der Waals surface area contributed by atoms with Gasteiger partial charge in [0, 0.05) is 0 Å². The maximum absolute atomic E-state index is 2.40. The third-order valence-corrected chi connectivity index (χ3v) is 4.46. The van der Waals surface area contributed by atoms with E-state index in [4.69, 9.17) is 0 Å². The first-order chi connectivity index (χ1) is 8.01. The van der Waals surface area contributed by atoms with Gasteiger partial charge in [-0.1, -0.05) is 56.7 Å². The SMILES string of the molecule is Cc1ccc2c(c1)C(C)(C)[C@H](C)CC/C=C\C2. The van der Waals surface area contributed by atoms with Gasteiger partial charge in [0.1, 0.15) is 0 Å². The molecule has 1 aromatic rings. The molecule has 1 atom stereocenters. The molecule has 0 N–H and O–H groups in total. The molecule has 0 aliphatic heterocycles. The van der Waals surface area contributed by atoms with Crippen LogP contribution in [0.2, 0.25) is 0 Å². The van der Waals surface area contributed by atoms with Crippen LogP contribution in [-0.2, 0) is 11.8 Å². The molecule has 17 heavy (non-hydrogen) atoms. The Bertz CT molecular complexity index is 424. The van der Waals surface area contributed by atoms with E-state index in [1.54, 1.807) is 5.56 Å². The summed E-state index contributed by atoms with van der Waals surface area (Å²) in [5.41, 5.74) is 4.72. The van der Waals surface area contributed by atoms with Crippen LogP contribution in [0.4, 0.5) is 0 Å². The second kappa shape index (κ2) is 4.68. The number of hydrogen-bond acceptors (Lipinski definition) is 0. The average molecular weight is 228 g/mol. The molecule has 0 unspecified atom stereocenters. The van der Waals surface area contributed by atoms with E-state index in [1.807, 2.05) is 0 Å². The molecule has 0 saturated heterocycles. The van der Waals surface area contributed by atoms with Crippen LogP contribution < -0.4 is 0 Å². The van der Waals surface area contributed by atoms with E-state index in [2.05, 4.69) is 58.0 Å². The van der Waals surface area contributed by atoms with E-state index in [-0.39, 0.29) is 5.41 Å². The maximum Gasteiger partial charge on any atom is -0.00749 e. The van der Waals surface area contributed by atoms with Crippen molar-refractivity contribution in [2.45, 2.75) is 52.4 Å². The van der Waals surface area contributed by atoms with Crippen LogP contribution in [0.15, 0.2) is 30.4 Å². The molecule has 0 radical (unpaired) electrons. The number of allylic oxidation sites excluding steroid dienone is 2. The summed E-state index contributed by atoms with van der Waals surface area (Å²) in [6.07, 6.45) is 8.28. The van der Waals surface area contributed by atoms with Gasteiger partial charge < -0.3 is 0 Å². The highest BCUT2D eigenvalue weighted by Gasteiger charge is 2.29. The molecule has 0 amide bonds. The van der Waals surface area contributed by atoms with Crippen molar-refractivity contribution >= 4 is 0 Å². The van der Waals surface area contributed by atoms with E-state index in [0.29, 0.717) is 0 Å². The van der Waals surface area contributed by atoms with Crippen molar-refractivity contribution in [2.75, 3.05) is 0 Å². The van der Waals surface area contributed by atoms with Crippen LogP contribution in [0.3, 0.4) is 0 Å². The van der Waals surface area contributed by atoms with Crippen LogP contribution in [-0.4, -0.2) is 0 Å². The zero-order chi connectivity index (χ0) is 12.5. The van der Waals surface area contributed by atoms with Crippen molar-refractivity contribution in [1.29, 1.82) is 0 Å². The molecule has 0 fully saturated rings. The minimum absolute atomic E-state index is 0.285. The molecule has 0 spiro atoms. The topological polar surface area (TPSA) is 0 Å². The lowest BCUT2D eigenvalue weighted by Crippen LogP contribution is -2.27. The van der Waals surface area contributed by atoms with Crippen LogP contribution >= 0.6 is 0 Å². The largest absolute Gasteiger partial charge is 0.0882 e. The summed E-state index contributed by atoms with van der Waals surface area (Å²) >= 11 is 0. The monoisotopic (exact) mass is 228 g/mol. The highest BCUT2D eigenvalue weighted by atomic mass is 14.3. The molecule has 1 aromatic carbocycles. The Morgan fingerprint density at radius 1 is 1.18 bits per heavy atom. The van der Waals surface area contributed by atoms with E-state index in [0.717, 1.165) is 12.3 Å². The van der Waals surface area contributed by atoms with Gasteiger partial charge in [-0.2, -0.15) is 0 Å². The lowest BCUT2D eigenvalue weighted by Gasteiger charge is -2.34. The normalized spacial score (nSPS) is 25.3. The average Bonchev–Trinajstić information content (AvgIpc) is 2.33. The summed E-state index contributed by atoms with van der Waals surface area (Å²) < 4.78 is 0. The van der Waals surface area contributed by atoms with Crippen LogP contribution in [0, 0.1) is 12.8 Å². The molecule has 0 nitrogen and oxygen atoms in total. The highest BCUT2D eigenvalue weighted by molar-refractivity contribution is 5.38. The number of aryl methyl sites for hydroxylation is 1. The number of benzene rings is 1. The Kier molecular flexibility index (Phi) is 3.42. The first kappa shape index (κ1) is 12.4. The van der Waals surface area contributed by atoms with Gasteiger partial charge in [0.05, 0.1) is 0 Å². The third-order valence-electron chi connectivity index (χ3n) is 4.46.